The van der Waals surface area contributed by atoms with Crippen LogP contribution in [0.2, 0.25) is 5.02 Å². The van der Waals surface area contributed by atoms with Gasteiger partial charge in [0.25, 0.3) is 5.91 Å². The van der Waals surface area contributed by atoms with Crippen molar-refractivity contribution < 1.29 is 9.90 Å². The molecule has 1 aromatic carbocycles. The maximum absolute atomic E-state index is 12.0. The van der Waals surface area contributed by atoms with Gasteiger partial charge in [0.1, 0.15) is 5.75 Å². The summed E-state index contributed by atoms with van der Waals surface area (Å²) < 4.78 is 0. The Labute approximate surface area is 122 Å². The Morgan fingerprint density at radius 3 is 2.90 bits per heavy atom. The molecule has 1 amide bonds. The molecule has 2 aromatic rings. The SMILES string of the molecule is CC(Cc1cccc(Cl)c1)NC(=O)c1cncc(O)c1. The maximum atomic E-state index is 12.0. The number of amides is 1. The van der Waals surface area contributed by atoms with E-state index in [9.17, 15) is 9.90 Å². The number of hydrogen-bond donors (Lipinski definition) is 2. The highest BCUT2D eigenvalue weighted by Crippen LogP contribution is 2.13. The van der Waals surface area contributed by atoms with E-state index < -0.39 is 0 Å². The van der Waals surface area contributed by atoms with E-state index in [0.717, 1.165) is 5.56 Å². The van der Waals surface area contributed by atoms with E-state index in [-0.39, 0.29) is 17.7 Å². The molecule has 0 saturated heterocycles. The van der Waals surface area contributed by atoms with Crippen LogP contribution < -0.4 is 5.32 Å². The Hall–Kier alpha value is -2.07. The molecule has 104 valence electrons. The molecule has 0 fully saturated rings. The molecule has 0 aliphatic rings. The Morgan fingerprint density at radius 1 is 1.40 bits per heavy atom. The molecule has 0 saturated carbocycles. The molecule has 4 nitrogen and oxygen atoms in total. The highest BCUT2D eigenvalue weighted by atomic mass is 35.5. The Kier molecular flexibility index (Phi) is 4.58. The third-order valence-corrected chi connectivity index (χ3v) is 3.03. The first-order valence-electron chi connectivity index (χ1n) is 6.24. The summed E-state index contributed by atoms with van der Waals surface area (Å²) in [6.07, 6.45) is 3.38. The van der Waals surface area contributed by atoms with E-state index >= 15 is 0 Å². The first-order chi connectivity index (χ1) is 9.54. The van der Waals surface area contributed by atoms with Crippen molar-refractivity contribution in [3.8, 4) is 5.75 Å². The lowest BCUT2D eigenvalue weighted by atomic mass is 10.1. The van der Waals surface area contributed by atoms with Gasteiger partial charge in [-0.15, -0.1) is 0 Å². The summed E-state index contributed by atoms with van der Waals surface area (Å²) in [5.74, 6) is -0.289. The van der Waals surface area contributed by atoms with Gasteiger partial charge in [-0.05, 0) is 37.1 Å². The molecular formula is C15H15ClN2O2. The van der Waals surface area contributed by atoms with E-state index in [4.69, 9.17) is 11.6 Å². The minimum Gasteiger partial charge on any atom is -0.506 e. The van der Waals surface area contributed by atoms with Gasteiger partial charge in [-0.2, -0.15) is 0 Å². The van der Waals surface area contributed by atoms with E-state index in [1.165, 1.54) is 18.5 Å². The minimum absolute atomic E-state index is 0.0276. The molecule has 2 N–H and O–H groups in total. The molecule has 1 heterocycles. The number of aromatic hydroxyl groups is 1. The first kappa shape index (κ1) is 14.3. The molecule has 0 radical (unpaired) electrons. The van der Waals surface area contributed by atoms with Crippen LogP contribution in [0.15, 0.2) is 42.7 Å². The second-order valence-electron chi connectivity index (χ2n) is 4.64. The van der Waals surface area contributed by atoms with Crippen LogP contribution in [0, 0.1) is 0 Å². The van der Waals surface area contributed by atoms with Gasteiger partial charge in [-0.3, -0.25) is 9.78 Å². The van der Waals surface area contributed by atoms with Gasteiger partial charge in [0, 0.05) is 17.3 Å². The third kappa shape index (κ3) is 3.96. The number of halogens is 1. The van der Waals surface area contributed by atoms with Crippen molar-refractivity contribution >= 4 is 17.5 Å². The summed E-state index contributed by atoms with van der Waals surface area (Å²) in [5.41, 5.74) is 1.39. The molecule has 1 aromatic heterocycles. The standard InChI is InChI=1S/C15H15ClN2O2/c1-10(5-11-3-2-4-13(16)6-11)18-15(20)12-7-14(19)9-17-8-12/h2-4,6-10,19H,5H2,1H3,(H,18,20). The number of hydrogen-bond acceptors (Lipinski definition) is 3. The number of aromatic nitrogens is 1. The fraction of sp³-hybridized carbons (Fsp3) is 0.200. The lowest BCUT2D eigenvalue weighted by molar-refractivity contribution is 0.0939. The van der Waals surface area contributed by atoms with Crippen molar-refractivity contribution in [2.24, 2.45) is 0 Å². The number of carbonyl (C=O) groups is 1. The van der Waals surface area contributed by atoms with Crippen molar-refractivity contribution in [2.45, 2.75) is 19.4 Å². The zero-order chi connectivity index (χ0) is 14.5. The normalized spacial score (nSPS) is 11.9. The summed E-state index contributed by atoms with van der Waals surface area (Å²) in [6.45, 7) is 1.91. The number of pyridine rings is 1. The van der Waals surface area contributed by atoms with Gasteiger partial charge in [0.15, 0.2) is 0 Å². The van der Waals surface area contributed by atoms with Gasteiger partial charge >= 0.3 is 0 Å². The molecule has 5 heteroatoms. The van der Waals surface area contributed by atoms with Gasteiger partial charge in [-0.1, -0.05) is 23.7 Å². The van der Waals surface area contributed by atoms with Crippen molar-refractivity contribution in [1.82, 2.24) is 10.3 Å². The first-order valence-corrected chi connectivity index (χ1v) is 6.61. The van der Waals surface area contributed by atoms with Crippen molar-refractivity contribution in [1.29, 1.82) is 0 Å². The number of nitrogens with one attached hydrogen (secondary N) is 1. The average molecular weight is 291 g/mol. The largest absolute Gasteiger partial charge is 0.506 e. The molecular weight excluding hydrogens is 276 g/mol. The zero-order valence-corrected chi connectivity index (χ0v) is 11.8. The number of nitrogens with zero attached hydrogens (tertiary/aromatic N) is 1. The lowest BCUT2D eigenvalue weighted by Gasteiger charge is -2.14. The molecule has 0 aliphatic heterocycles. The van der Waals surface area contributed by atoms with Crippen molar-refractivity contribution in [3.05, 3.63) is 58.9 Å². The molecule has 1 unspecified atom stereocenters. The van der Waals surface area contributed by atoms with E-state index in [1.54, 1.807) is 0 Å². The molecule has 20 heavy (non-hydrogen) atoms. The zero-order valence-electron chi connectivity index (χ0n) is 11.0. The minimum atomic E-state index is -0.261. The Morgan fingerprint density at radius 2 is 2.20 bits per heavy atom. The predicted molar refractivity (Wildman–Crippen MR) is 78.0 cm³/mol. The second kappa shape index (κ2) is 6.39. The molecule has 1 atom stereocenters. The third-order valence-electron chi connectivity index (χ3n) is 2.79. The van der Waals surface area contributed by atoms with Gasteiger partial charge in [-0.25, -0.2) is 0 Å². The summed E-state index contributed by atoms with van der Waals surface area (Å²) in [4.78, 5) is 15.8. The van der Waals surface area contributed by atoms with E-state index in [1.807, 2.05) is 31.2 Å². The van der Waals surface area contributed by atoms with Gasteiger partial charge < -0.3 is 10.4 Å². The predicted octanol–water partition coefficient (Wildman–Crippen LogP) is 2.80. The molecule has 0 spiro atoms. The fourth-order valence-corrected chi connectivity index (χ4v) is 2.14. The van der Waals surface area contributed by atoms with Crippen LogP contribution in [0.5, 0.6) is 5.75 Å². The number of carbonyl (C=O) groups excluding carboxylic acids is 1. The Balaban J connectivity index is 1.97. The summed E-state index contributed by atoms with van der Waals surface area (Å²) >= 11 is 5.92. The lowest BCUT2D eigenvalue weighted by Crippen LogP contribution is -2.34. The molecule has 0 bridgehead atoms. The van der Waals surface area contributed by atoms with Crippen LogP contribution in [-0.4, -0.2) is 22.0 Å². The molecule has 2 rings (SSSR count). The van der Waals surface area contributed by atoms with Crippen LogP contribution >= 0.6 is 11.6 Å². The van der Waals surface area contributed by atoms with Crippen LogP contribution in [0.3, 0.4) is 0 Å². The van der Waals surface area contributed by atoms with Crippen LogP contribution in [-0.2, 0) is 6.42 Å². The van der Waals surface area contributed by atoms with Gasteiger partial charge in [0.05, 0.1) is 11.8 Å². The highest BCUT2D eigenvalue weighted by Gasteiger charge is 2.11. The summed E-state index contributed by atoms with van der Waals surface area (Å²) in [6, 6.07) is 8.86. The maximum Gasteiger partial charge on any atom is 0.253 e. The number of rotatable bonds is 4. The van der Waals surface area contributed by atoms with E-state index in [2.05, 4.69) is 10.3 Å². The van der Waals surface area contributed by atoms with Crippen LogP contribution in [0.1, 0.15) is 22.8 Å². The number of benzene rings is 1. The fourth-order valence-electron chi connectivity index (χ4n) is 1.93. The molecule has 0 aliphatic carbocycles. The van der Waals surface area contributed by atoms with Crippen molar-refractivity contribution in [2.75, 3.05) is 0 Å². The topological polar surface area (TPSA) is 62.2 Å². The van der Waals surface area contributed by atoms with Crippen LogP contribution in [0.4, 0.5) is 0 Å². The van der Waals surface area contributed by atoms with Gasteiger partial charge in [0.2, 0.25) is 0 Å². The Bertz CT molecular complexity index is 616. The average Bonchev–Trinajstić information content (AvgIpc) is 2.38. The van der Waals surface area contributed by atoms with Crippen LogP contribution in [0.25, 0.3) is 0 Å². The monoisotopic (exact) mass is 290 g/mol. The highest BCUT2D eigenvalue weighted by molar-refractivity contribution is 6.30. The van der Waals surface area contributed by atoms with Crippen molar-refractivity contribution in [3.63, 3.8) is 0 Å². The second-order valence-corrected chi connectivity index (χ2v) is 5.08. The summed E-state index contributed by atoms with van der Waals surface area (Å²) in [5, 5.41) is 12.8. The quantitative estimate of drug-likeness (QED) is 0.910. The smallest absolute Gasteiger partial charge is 0.253 e. The van der Waals surface area contributed by atoms with E-state index in [0.29, 0.717) is 17.0 Å². The summed E-state index contributed by atoms with van der Waals surface area (Å²) in [7, 11) is 0.